The summed E-state index contributed by atoms with van der Waals surface area (Å²) >= 11 is 0. The molecule has 8 heteroatoms. The third kappa shape index (κ3) is 3.53. The molecule has 0 fully saturated rings. The molecular weight excluding hydrogens is 357 g/mol. The van der Waals surface area contributed by atoms with Gasteiger partial charge in [0, 0.05) is 18.8 Å². The van der Waals surface area contributed by atoms with E-state index in [4.69, 9.17) is 5.26 Å². The second-order valence-corrected chi connectivity index (χ2v) is 5.72. The van der Waals surface area contributed by atoms with Crippen LogP contribution in [0.3, 0.4) is 0 Å². The molecule has 1 amide bonds. The number of rotatable bonds is 4. The van der Waals surface area contributed by atoms with Crippen LogP contribution in [0.15, 0.2) is 54.7 Å². The first-order chi connectivity index (χ1) is 12.8. The summed E-state index contributed by atoms with van der Waals surface area (Å²) < 4.78 is 41.0. The Morgan fingerprint density at radius 1 is 1.15 bits per heavy atom. The van der Waals surface area contributed by atoms with Crippen molar-refractivity contribution in [3.05, 3.63) is 66.0 Å². The molecule has 1 aromatic heterocycles. The highest BCUT2D eigenvalue weighted by Gasteiger charge is 2.39. The summed E-state index contributed by atoms with van der Waals surface area (Å²) in [6.45, 7) is 0. The van der Waals surface area contributed by atoms with Crippen molar-refractivity contribution >= 4 is 17.8 Å². The molecule has 0 bridgehead atoms. The molecule has 0 aliphatic heterocycles. The van der Waals surface area contributed by atoms with Crippen LogP contribution in [0.1, 0.15) is 11.3 Å². The molecule has 136 valence electrons. The van der Waals surface area contributed by atoms with E-state index in [1.165, 1.54) is 13.1 Å². The molecule has 1 heterocycles. The van der Waals surface area contributed by atoms with E-state index in [1.54, 1.807) is 42.5 Å². The number of aromatic nitrogens is 2. The third-order valence-corrected chi connectivity index (χ3v) is 3.91. The van der Waals surface area contributed by atoms with Gasteiger partial charge < -0.3 is 0 Å². The van der Waals surface area contributed by atoms with Crippen LogP contribution in [0, 0.1) is 11.3 Å². The van der Waals surface area contributed by atoms with Gasteiger partial charge >= 0.3 is 6.18 Å². The highest BCUT2D eigenvalue weighted by molar-refractivity contribution is 5.94. The first-order valence-electron chi connectivity index (χ1n) is 7.80. The lowest BCUT2D eigenvalue weighted by molar-refractivity contribution is -0.140. The first-order valence-corrected chi connectivity index (χ1v) is 7.80. The number of halogens is 3. The normalized spacial score (nSPS) is 11.1. The van der Waals surface area contributed by atoms with Crippen LogP contribution in [0.25, 0.3) is 11.1 Å². The molecule has 0 aliphatic rings. The fraction of sp³-hybridized carbons (Fsp3) is 0.105. The van der Waals surface area contributed by atoms with Gasteiger partial charge in [0.2, 0.25) is 6.41 Å². The van der Waals surface area contributed by atoms with E-state index in [2.05, 4.69) is 5.10 Å². The molecule has 0 unspecified atom stereocenters. The van der Waals surface area contributed by atoms with Crippen molar-refractivity contribution in [1.29, 1.82) is 5.26 Å². The summed E-state index contributed by atoms with van der Waals surface area (Å²) in [5.41, 5.74) is 0.243. The summed E-state index contributed by atoms with van der Waals surface area (Å²) in [5.74, 6) is 0. The van der Waals surface area contributed by atoms with Gasteiger partial charge in [0.25, 0.3) is 0 Å². The SMILES string of the molecule is Cn1cc(N(C=O)c2ccccc2-c2cccc(C#N)c2)c(C(F)(F)F)n1. The van der Waals surface area contributed by atoms with Gasteiger partial charge in [-0.15, -0.1) is 0 Å². The monoisotopic (exact) mass is 370 g/mol. The van der Waals surface area contributed by atoms with Crippen molar-refractivity contribution in [2.24, 2.45) is 7.05 Å². The zero-order valence-corrected chi connectivity index (χ0v) is 14.1. The van der Waals surface area contributed by atoms with E-state index < -0.39 is 11.9 Å². The molecule has 0 saturated heterocycles. The second kappa shape index (κ2) is 6.96. The number of alkyl halides is 3. The minimum atomic E-state index is -4.71. The Morgan fingerprint density at radius 3 is 2.56 bits per heavy atom. The van der Waals surface area contributed by atoms with Gasteiger partial charge in [-0.05, 0) is 23.8 Å². The van der Waals surface area contributed by atoms with Gasteiger partial charge in [0.1, 0.15) is 0 Å². The summed E-state index contributed by atoms with van der Waals surface area (Å²) in [6, 6.07) is 15.2. The van der Waals surface area contributed by atoms with Crippen LogP contribution in [-0.2, 0) is 18.0 Å². The maximum Gasteiger partial charge on any atom is 0.437 e. The summed E-state index contributed by atoms with van der Waals surface area (Å²) in [4.78, 5) is 12.7. The van der Waals surface area contributed by atoms with Gasteiger partial charge in [-0.2, -0.15) is 23.5 Å². The summed E-state index contributed by atoms with van der Waals surface area (Å²) in [7, 11) is 1.35. The maximum atomic E-state index is 13.3. The zero-order valence-electron chi connectivity index (χ0n) is 14.1. The second-order valence-electron chi connectivity index (χ2n) is 5.72. The van der Waals surface area contributed by atoms with Crippen LogP contribution >= 0.6 is 0 Å². The largest absolute Gasteiger partial charge is 0.437 e. The number of amides is 1. The van der Waals surface area contributed by atoms with Crippen molar-refractivity contribution in [2.75, 3.05) is 4.90 Å². The Balaban J connectivity index is 2.19. The Labute approximate surface area is 152 Å². The Morgan fingerprint density at radius 2 is 1.89 bits per heavy atom. The number of nitrogens with zero attached hydrogens (tertiary/aromatic N) is 4. The highest BCUT2D eigenvalue weighted by Crippen LogP contribution is 2.40. The van der Waals surface area contributed by atoms with Crippen molar-refractivity contribution < 1.29 is 18.0 Å². The van der Waals surface area contributed by atoms with E-state index in [0.717, 1.165) is 15.8 Å². The van der Waals surface area contributed by atoms with Gasteiger partial charge in [-0.1, -0.05) is 30.3 Å². The van der Waals surface area contributed by atoms with Crippen LogP contribution < -0.4 is 4.90 Å². The fourth-order valence-corrected chi connectivity index (χ4v) is 2.78. The lowest BCUT2D eigenvalue weighted by atomic mass is 10.0. The number of carbonyl (C=O) groups is 1. The predicted octanol–water partition coefficient (Wildman–Crippen LogP) is 4.27. The lowest BCUT2D eigenvalue weighted by Gasteiger charge is -2.21. The van der Waals surface area contributed by atoms with Crippen molar-refractivity contribution in [2.45, 2.75) is 6.18 Å². The highest BCUT2D eigenvalue weighted by atomic mass is 19.4. The van der Waals surface area contributed by atoms with Crippen LogP contribution in [-0.4, -0.2) is 16.2 Å². The molecule has 3 rings (SSSR count). The van der Waals surface area contributed by atoms with Crippen LogP contribution in [0.4, 0.5) is 24.5 Å². The number of hydrogen-bond donors (Lipinski definition) is 0. The minimum absolute atomic E-state index is 0.251. The van der Waals surface area contributed by atoms with E-state index in [-0.39, 0.29) is 11.4 Å². The average Bonchev–Trinajstić information content (AvgIpc) is 3.05. The number of para-hydroxylation sites is 1. The quantitative estimate of drug-likeness (QED) is 0.644. The van der Waals surface area contributed by atoms with Gasteiger partial charge in [0.05, 0.1) is 23.0 Å². The number of benzene rings is 2. The number of hydrogen-bond acceptors (Lipinski definition) is 3. The molecule has 3 aromatic rings. The average molecular weight is 370 g/mol. The Hall–Kier alpha value is -3.60. The van der Waals surface area contributed by atoms with Crippen LogP contribution in [0.5, 0.6) is 0 Å². The molecule has 5 nitrogen and oxygen atoms in total. The van der Waals surface area contributed by atoms with E-state index in [0.29, 0.717) is 23.1 Å². The number of anilines is 2. The van der Waals surface area contributed by atoms with Crippen molar-refractivity contribution in [3.8, 4) is 17.2 Å². The molecular formula is C19H13F3N4O. The standard InChI is InChI=1S/C19H13F3N4O/c1-25-11-17(18(24-25)19(20,21)22)26(12-27)16-8-3-2-7-15(16)14-6-4-5-13(9-14)10-23/h2-9,11-12H,1H3. The van der Waals surface area contributed by atoms with Crippen molar-refractivity contribution in [1.82, 2.24) is 9.78 Å². The molecule has 2 aromatic carbocycles. The molecule has 27 heavy (non-hydrogen) atoms. The van der Waals surface area contributed by atoms with Gasteiger partial charge in [-0.25, -0.2) is 0 Å². The molecule has 0 saturated carbocycles. The predicted molar refractivity (Wildman–Crippen MR) is 93.0 cm³/mol. The molecule has 0 atom stereocenters. The molecule has 0 N–H and O–H groups in total. The Kier molecular flexibility index (Phi) is 4.69. The number of carbonyl (C=O) groups excluding carboxylic acids is 1. The summed E-state index contributed by atoms with van der Waals surface area (Å²) in [5, 5.41) is 12.5. The first kappa shape index (κ1) is 18.2. The minimum Gasteiger partial charge on any atom is -0.279 e. The van der Waals surface area contributed by atoms with Crippen molar-refractivity contribution in [3.63, 3.8) is 0 Å². The Bertz CT molecular complexity index is 1030. The third-order valence-electron chi connectivity index (χ3n) is 3.91. The van der Waals surface area contributed by atoms with Gasteiger partial charge in [0.15, 0.2) is 5.69 Å². The maximum absolute atomic E-state index is 13.3. The van der Waals surface area contributed by atoms with E-state index in [1.807, 2.05) is 6.07 Å². The van der Waals surface area contributed by atoms with Crippen LogP contribution in [0.2, 0.25) is 0 Å². The smallest absolute Gasteiger partial charge is 0.279 e. The number of nitriles is 1. The molecule has 0 radical (unpaired) electrons. The topological polar surface area (TPSA) is 61.9 Å². The van der Waals surface area contributed by atoms with E-state index in [9.17, 15) is 18.0 Å². The number of aryl methyl sites for hydroxylation is 1. The lowest BCUT2D eigenvalue weighted by Crippen LogP contribution is -2.19. The zero-order chi connectivity index (χ0) is 19.6. The summed E-state index contributed by atoms with van der Waals surface area (Å²) in [6.07, 6.45) is -3.26. The molecule has 0 spiro atoms. The fourth-order valence-electron chi connectivity index (χ4n) is 2.78. The van der Waals surface area contributed by atoms with E-state index >= 15 is 0 Å². The molecule has 0 aliphatic carbocycles. The van der Waals surface area contributed by atoms with Gasteiger partial charge in [-0.3, -0.25) is 14.4 Å².